The molecule has 0 atom stereocenters. The Hall–Kier alpha value is -3.83. The maximum atomic E-state index is 4.69. The van der Waals surface area contributed by atoms with Crippen LogP contribution >= 0.6 is 15.9 Å². The molecular weight excluding hydrogens is 460 g/mol. The molecule has 0 radical (unpaired) electrons. The fourth-order valence-electron chi connectivity index (χ4n) is 4.19. The minimum absolute atomic E-state index is 0.923. The lowest BCUT2D eigenvalue weighted by Crippen LogP contribution is -1.97. The van der Waals surface area contributed by atoms with Crippen LogP contribution in [0.3, 0.4) is 0 Å². The van der Waals surface area contributed by atoms with Crippen molar-refractivity contribution in [1.29, 1.82) is 0 Å². The van der Waals surface area contributed by atoms with Crippen LogP contribution in [0, 0.1) is 0 Å². The molecule has 0 aliphatic heterocycles. The van der Waals surface area contributed by atoms with Gasteiger partial charge < -0.3 is 4.57 Å². The van der Waals surface area contributed by atoms with Crippen LogP contribution in [0.4, 0.5) is 0 Å². The number of fused-ring (bicyclic) bond motifs is 3. The van der Waals surface area contributed by atoms with E-state index in [1.165, 1.54) is 0 Å². The van der Waals surface area contributed by atoms with Crippen molar-refractivity contribution >= 4 is 37.9 Å². The van der Waals surface area contributed by atoms with E-state index in [4.69, 9.17) is 0 Å². The van der Waals surface area contributed by atoms with Crippen molar-refractivity contribution in [3.05, 3.63) is 108 Å². The number of hydrogen-bond acceptors (Lipinski definition) is 3. The molecule has 4 heterocycles. The maximum Gasteiger partial charge on any atom is 0.0963 e. The van der Waals surface area contributed by atoms with Gasteiger partial charge in [-0.05, 0) is 72.8 Å². The predicted molar refractivity (Wildman–Crippen MR) is 133 cm³/mol. The van der Waals surface area contributed by atoms with Crippen molar-refractivity contribution < 1.29 is 0 Å². The quantitative estimate of drug-likeness (QED) is 0.274. The third-order valence-corrected chi connectivity index (χ3v) is 6.07. The van der Waals surface area contributed by atoms with Crippen LogP contribution in [0.25, 0.3) is 50.1 Å². The molecule has 2 aromatic carbocycles. The molecule has 0 saturated carbocycles. The third kappa shape index (κ3) is 3.18. The van der Waals surface area contributed by atoms with Crippen molar-refractivity contribution in [2.24, 2.45) is 0 Å². The van der Waals surface area contributed by atoms with E-state index >= 15 is 0 Å². The molecule has 6 rings (SSSR count). The fraction of sp³-hybridized carbons (Fsp3) is 0. The van der Waals surface area contributed by atoms with Crippen molar-refractivity contribution in [3.8, 4) is 28.2 Å². The second-order valence-electron chi connectivity index (χ2n) is 7.57. The topological polar surface area (TPSA) is 43.6 Å². The number of aromatic nitrogens is 4. The van der Waals surface area contributed by atoms with Crippen molar-refractivity contribution in [1.82, 2.24) is 19.5 Å². The van der Waals surface area contributed by atoms with Crippen LogP contribution in [-0.4, -0.2) is 19.5 Å². The lowest BCUT2D eigenvalue weighted by Gasteiger charge is -2.13. The summed E-state index contributed by atoms with van der Waals surface area (Å²) in [5.74, 6) is 0. The van der Waals surface area contributed by atoms with Crippen molar-refractivity contribution in [2.45, 2.75) is 0 Å². The normalized spacial score (nSPS) is 11.3. The molecule has 6 aromatic rings. The van der Waals surface area contributed by atoms with Gasteiger partial charge in [0.1, 0.15) is 0 Å². The first-order valence-electron chi connectivity index (χ1n) is 10.3. The Balaban J connectivity index is 1.70. The molecule has 152 valence electrons. The summed E-state index contributed by atoms with van der Waals surface area (Å²) < 4.78 is 3.29. The summed E-state index contributed by atoms with van der Waals surface area (Å²) >= 11 is 3.65. The van der Waals surface area contributed by atoms with Gasteiger partial charge in [-0.3, -0.25) is 15.0 Å². The molecule has 0 aliphatic rings. The Morgan fingerprint density at radius 3 is 1.94 bits per heavy atom. The largest absolute Gasteiger partial charge is 0.308 e. The summed E-state index contributed by atoms with van der Waals surface area (Å²) in [6, 6.07) is 28.9. The molecule has 4 nitrogen and oxygen atoms in total. The van der Waals surface area contributed by atoms with E-state index in [9.17, 15) is 0 Å². The molecule has 0 N–H and O–H groups in total. The second kappa shape index (κ2) is 7.70. The van der Waals surface area contributed by atoms with Gasteiger partial charge in [0, 0.05) is 45.3 Å². The summed E-state index contributed by atoms with van der Waals surface area (Å²) in [5, 5.41) is 1.12. The van der Waals surface area contributed by atoms with E-state index in [-0.39, 0.29) is 0 Å². The van der Waals surface area contributed by atoms with Gasteiger partial charge in [0.15, 0.2) is 0 Å². The van der Waals surface area contributed by atoms with Crippen LogP contribution in [0.2, 0.25) is 0 Å². The Kier molecular flexibility index (Phi) is 4.55. The highest BCUT2D eigenvalue weighted by Gasteiger charge is 2.15. The van der Waals surface area contributed by atoms with Gasteiger partial charge in [0.2, 0.25) is 0 Å². The first kappa shape index (κ1) is 18.9. The van der Waals surface area contributed by atoms with Crippen LogP contribution in [0.5, 0.6) is 0 Å². The average molecular weight is 477 g/mol. The minimum Gasteiger partial charge on any atom is -0.308 e. The first-order chi connectivity index (χ1) is 15.8. The van der Waals surface area contributed by atoms with E-state index in [2.05, 4.69) is 77.9 Å². The lowest BCUT2D eigenvalue weighted by molar-refractivity contribution is 1.17. The highest BCUT2D eigenvalue weighted by atomic mass is 79.9. The molecule has 0 bridgehead atoms. The van der Waals surface area contributed by atoms with Gasteiger partial charge >= 0.3 is 0 Å². The summed E-state index contributed by atoms with van der Waals surface area (Å²) in [6.45, 7) is 0. The minimum atomic E-state index is 0.923. The van der Waals surface area contributed by atoms with E-state index < -0.39 is 0 Å². The Labute approximate surface area is 193 Å². The van der Waals surface area contributed by atoms with E-state index in [1.807, 2.05) is 61.1 Å². The maximum absolute atomic E-state index is 4.69. The number of benzene rings is 2. The van der Waals surface area contributed by atoms with Gasteiger partial charge in [-0.15, -0.1) is 0 Å². The molecule has 0 spiro atoms. The highest BCUT2D eigenvalue weighted by Crippen LogP contribution is 2.35. The Morgan fingerprint density at radius 2 is 1.28 bits per heavy atom. The van der Waals surface area contributed by atoms with Crippen molar-refractivity contribution in [2.75, 3.05) is 0 Å². The van der Waals surface area contributed by atoms with Gasteiger partial charge in [0.05, 0.1) is 27.9 Å². The molecular formula is C27H17BrN4. The van der Waals surface area contributed by atoms with Gasteiger partial charge in [-0.25, -0.2) is 0 Å². The molecule has 4 aromatic heterocycles. The SMILES string of the molecule is Brc1ccc2c3ncccc3n(-c3cc(-c4ccccn4)cc(-c4ccccn4)c3)c2c1. The van der Waals surface area contributed by atoms with Gasteiger partial charge in [0.25, 0.3) is 0 Å². The van der Waals surface area contributed by atoms with E-state index in [0.29, 0.717) is 0 Å². The van der Waals surface area contributed by atoms with Crippen molar-refractivity contribution in [3.63, 3.8) is 0 Å². The monoisotopic (exact) mass is 476 g/mol. The predicted octanol–water partition coefficient (Wildman–Crippen LogP) is 7.07. The molecule has 5 heteroatoms. The summed E-state index contributed by atoms with van der Waals surface area (Å²) in [6.07, 6.45) is 5.49. The number of hydrogen-bond donors (Lipinski definition) is 0. The Bertz CT molecular complexity index is 1520. The molecule has 32 heavy (non-hydrogen) atoms. The standard InChI is InChI=1S/C27H17BrN4/c28-20-9-10-22-26(17-20)32(25-8-5-13-31-27(22)25)21-15-18(23-6-1-3-11-29-23)14-19(16-21)24-7-2-4-12-30-24/h1-17H. The third-order valence-electron chi connectivity index (χ3n) is 5.58. The van der Waals surface area contributed by atoms with E-state index in [1.54, 1.807) is 0 Å². The molecule has 0 amide bonds. The first-order valence-corrected chi connectivity index (χ1v) is 11.1. The number of rotatable bonds is 3. The smallest absolute Gasteiger partial charge is 0.0963 e. The highest BCUT2D eigenvalue weighted by molar-refractivity contribution is 9.10. The zero-order valence-corrected chi connectivity index (χ0v) is 18.6. The number of nitrogens with zero attached hydrogens (tertiary/aromatic N) is 4. The van der Waals surface area contributed by atoms with Crippen LogP contribution in [0.1, 0.15) is 0 Å². The zero-order chi connectivity index (χ0) is 21.5. The average Bonchev–Trinajstić information content (AvgIpc) is 3.18. The van der Waals surface area contributed by atoms with E-state index in [0.717, 1.165) is 54.6 Å². The second-order valence-corrected chi connectivity index (χ2v) is 8.48. The van der Waals surface area contributed by atoms with Crippen LogP contribution in [-0.2, 0) is 0 Å². The molecule has 0 fully saturated rings. The summed E-state index contributed by atoms with van der Waals surface area (Å²) in [5.41, 5.74) is 8.11. The number of halogens is 1. The summed E-state index contributed by atoms with van der Waals surface area (Å²) in [4.78, 5) is 13.9. The Morgan fingerprint density at radius 1 is 0.594 bits per heavy atom. The molecule has 0 unspecified atom stereocenters. The lowest BCUT2D eigenvalue weighted by atomic mass is 10.0. The summed E-state index contributed by atoms with van der Waals surface area (Å²) in [7, 11) is 0. The zero-order valence-electron chi connectivity index (χ0n) is 17.0. The fourth-order valence-corrected chi connectivity index (χ4v) is 4.53. The number of pyridine rings is 3. The molecule has 0 aliphatic carbocycles. The van der Waals surface area contributed by atoms with Crippen LogP contribution in [0.15, 0.2) is 108 Å². The van der Waals surface area contributed by atoms with Crippen LogP contribution < -0.4 is 0 Å². The molecule has 0 saturated heterocycles. The van der Waals surface area contributed by atoms with Gasteiger partial charge in [-0.1, -0.05) is 28.1 Å². The van der Waals surface area contributed by atoms with Gasteiger partial charge in [-0.2, -0.15) is 0 Å².